The average molecular weight is 236 g/mol. The summed E-state index contributed by atoms with van der Waals surface area (Å²) < 4.78 is 35.4. The number of urea groups is 1. The molecule has 0 radical (unpaired) electrons. The van der Waals surface area contributed by atoms with Crippen molar-refractivity contribution in [1.29, 1.82) is 0 Å². The summed E-state index contributed by atoms with van der Waals surface area (Å²) >= 11 is 0. The van der Waals surface area contributed by atoms with Crippen LogP contribution in [0.2, 0.25) is 0 Å². The Morgan fingerprint density at radius 3 is 2.81 bits per heavy atom. The first-order valence-corrected chi connectivity index (χ1v) is 4.42. The van der Waals surface area contributed by atoms with Gasteiger partial charge in [-0.3, -0.25) is 0 Å². The van der Waals surface area contributed by atoms with Gasteiger partial charge in [0.2, 0.25) is 0 Å². The molecule has 2 N–H and O–H groups in total. The van der Waals surface area contributed by atoms with Gasteiger partial charge in [-0.15, -0.1) is 0 Å². The van der Waals surface area contributed by atoms with Crippen LogP contribution in [0.1, 0.15) is 5.82 Å². The lowest BCUT2D eigenvalue weighted by Gasteiger charge is -2.17. The minimum atomic E-state index is -4.40. The lowest BCUT2D eigenvalue weighted by atomic mass is 10.5. The van der Waals surface area contributed by atoms with Crippen LogP contribution in [0.25, 0.3) is 0 Å². The second-order valence-corrected chi connectivity index (χ2v) is 3.17. The summed E-state index contributed by atoms with van der Waals surface area (Å²) in [5.74, 6) is 0.504. The largest absolute Gasteiger partial charge is 0.405 e. The predicted octanol–water partition coefficient (Wildman–Crippen LogP) is 1.11. The first-order chi connectivity index (χ1) is 7.38. The van der Waals surface area contributed by atoms with Gasteiger partial charge in [-0.25, -0.2) is 9.78 Å². The topological polar surface area (TPSA) is 61.0 Å². The molecule has 0 aliphatic heterocycles. The van der Waals surface area contributed by atoms with Crippen LogP contribution in [-0.4, -0.2) is 40.7 Å². The smallest absolute Gasteiger partial charge is 0.347 e. The lowest BCUT2D eigenvalue weighted by Crippen LogP contribution is -2.41. The van der Waals surface area contributed by atoms with Crippen molar-refractivity contribution in [3.8, 4) is 0 Å². The maximum absolute atomic E-state index is 11.8. The van der Waals surface area contributed by atoms with Crippen molar-refractivity contribution in [2.45, 2.75) is 12.7 Å². The fraction of sp³-hybridized carbons (Fsp3) is 0.500. The van der Waals surface area contributed by atoms with Crippen molar-refractivity contribution in [2.24, 2.45) is 0 Å². The van der Waals surface area contributed by atoms with Crippen LogP contribution >= 0.6 is 0 Å². The quantitative estimate of drug-likeness (QED) is 0.825. The van der Waals surface area contributed by atoms with Gasteiger partial charge in [0.25, 0.3) is 0 Å². The zero-order valence-corrected chi connectivity index (χ0v) is 8.51. The Balaban J connectivity index is 2.37. The maximum Gasteiger partial charge on any atom is 0.405 e. The third kappa shape index (κ3) is 4.20. The van der Waals surface area contributed by atoms with Crippen LogP contribution in [0.15, 0.2) is 12.4 Å². The third-order valence-electron chi connectivity index (χ3n) is 1.73. The van der Waals surface area contributed by atoms with Crippen molar-refractivity contribution in [2.75, 3.05) is 13.6 Å². The number of alkyl halides is 3. The first-order valence-electron chi connectivity index (χ1n) is 4.42. The van der Waals surface area contributed by atoms with Gasteiger partial charge in [0.15, 0.2) is 0 Å². The minimum absolute atomic E-state index is 0.122. The van der Waals surface area contributed by atoms with Gasteiger partial charge in [-0.05, 0) is 0 Å². The number of rotatable bonds is 3. The SMILES string of the molecule is CN(Cc1ncc[nH]1)C(=O)NCC(F)(F)F. The molecule has 5 nitrogen and oxygen atoms in total. The van der Waals surface area contributed by atoms with E-state index in [4.69, 9.17) is 0 Å². The van der Waals surface area contributed by atoms with Crippen LogP contribution in [0, 0.1) is 0 Å². The molecule has 0 aliphatic carbocycles. The highest BCUT2D eigenvalue weighted by atomic mass is 19.4. The van der Waals surface area contributed by atoms with Gasteiger partial charge in [-0.2, -0.15) is 13.2 Å². The van der Waals surface area contributed by atoms with E-state index in [1.165, 1.54) is 13.2 Å². The van der Waals surface area contributed by atoms with E-state index in [-0.39, 0.29) is 6.54 Å². The number of halogens is 3. The van der Waals surface area contributed by atoms with Gasteiger partial charge in [-0.1, -0.05) is 0 Å². The number of imidazole rings is 1. The lowest BCUT2D eigenvalue weighted by molar-refractivity contribution is -0.123. The van der Waals surface area contributed by atoms with Crippen molar-refractivity contribution in [3.05, 3.63) is 18.2 Å². The molecule has 1 aromatic heterocycles. The molecule has 1 rings (SSSR count). The number of H-pyrrole nitrogens is 1. The molecule has 0 fully saturated rings. The summed E-state index contributed by atoms with van der Waals surface area (Å²) in [6.07, 6.45) is -1.34. The van der Waals surface area contributed by atoms with Crippen molar-refractivity contribution in [3.63, 3.8) is 0 Å². The highest BCUT2D eigenvalue weighted by Gasteiger charge is 2.28. The summed E-state index contributed by atoms with van der Waals surface area (Å²) in [6.45, 7) is -1.22. The highest BCUT2D eigenvalue weighted by Crippen LogP contribution is 2.12. The number of carbonyl (C=O) groups excluding carboxylic acids is 1. The molecule has 1 aromatic rings. The van der Waals surface area contributed by atoms with Crippen LogP contribution in [-0.2, 0) is 6.54 Å². The summed E-state index contributed by atoms with van der Waals surface area (Å²) in [5, 5.41) is 1.76. The van der Waals surface area contributed by atoms with Crippen molar-refractivity contribution >= 4 is 6.03 Å². The molecular weight excluding hydrogens is 225 g/mol. The standard InChI is InChI=1S/C8H11F3N4O/c1-15(4-6-12-2-3-13-6)7(16)14-5-8(9,10)11/h2-3H,4-5H2,1H3,(H,12,13)(H,14,16). The minimum Gasteiger partial charge on any atom is -0.347 e. The van der Waals surface area contributed by atoms with Gasteiger partial charge in [0.05, 0.1) is 6.54 Å². The Morgan fingerprint density at radius 2 is 2.31 bits per heavy atom. The summed E-state index contributed by atoms with van der Waals surface area (Å²) in [6, 6.07) is -0.797. The molecule has 0 saturated heterocycles. The molecule has 0 unspecified atom stereocenters. The van der Waals surface area contributed by atoms with Crippen LogP contribution in [0.3, 0.4) is 0 Å². The first kappa shape index (κ1) is 12.3. The fourth-order valence-corrected chi connectivity index (χ4v) is 0.992. The Morgan fingerprint density at radius 1 is 1.62 bits per heavy atom. The zero-order chi connectivity index (χ0) is 12.2. The zero-order valence-electron chi connectivity index (χ0n) is 8.51. The van der Waals surface area contributed by atoms with E-state index < -0.39 is 18.8 Å². The number of hydrogen-bond acceptors (Lipinski definition) is 2. The Hall–Kier alpha value is -1.73. The molecular formula is C8H11F3N4O. The van der Waals surface area contributed by atoms with E-state index in [0.717, 1.165) is 4.90 Å². The summed E-state index contributed by atoms with van der Waals surface area (Å²) in [4.78, 5) is 18.9. The van der Waals surface area contributed by atoms with E-state index in [9.17, 15) is 18.0 Å². The number of aromatic amines is 1. The maximum atomic E-state index is 11.8. The summed E-state index contributed by atoms with van der Waals surface area (Å²) in [7, 11) is 1.38. The summed E-state index contributed by atoms with van der Waals surface area (Å²) in [5.41, 5.74) is 0. The molecule has 1 heterocycles. The van der Waals surface area contributed by atoms with Crippen molar-refractivity contribution < 1.29 is 18.0 Å². The van der Waals surface area contributed by atoms with Gasteiger partial charge >= 0.3 is 12.2 Å². The molecule has 8 heteroatoms. The molecule has 2 amide bonds. The molecule has 0 atom stereocenters. The van der Waals surface area contributed by atoms with E-state index in [1.807, 2.05) is 0 Å². The Bertz CT molecular complexity index is 336. The number of nitrogens with zero attached hydrogens (tertiary/aromatic N) is 2. The number of nitrogens with one attached hydrogen (secondary N) is 2. The second-order valence-electron chi connectivity index (χ2n) is 3.17. The Kier molecular flexibility index (Phi) is 3.75. The molecule has 90 valence electrons. The van der Waals surface area contributed by atoms with Gasteiger partial charge in [0.1, 0.15) is 12.4 Å². The van der Waals surface area contributed by atoms with E-state index in [1.54, 1.807) is 11.5 Å². The number of carbonyl (C=O) groups is 1. The molecule has 16 heavy (non-hydrogen) atoms. The van der Waals surface area contributed by atoms with Gasteiger partial charge in [0, 0.05) is 19.4 Å². The Labute approximate surface area is 89.7 Å². The molecule has 0 bridgehead atoms. The van der Waals surface area contributed by atoms with Crippen LogP contribution < -0.4 is 5.32 Å². The monoisotopic (exact) mass is 236 g/mol. The molecule has 0 saturated carbocycles. The third-order valence-corrected chi connectivity index (χ3v) is 1.73. The van der Waals surface area contributed by atoms with Crippen LogP contribution in [0.5, 0.6) is 0 Å². The highest BCUT2D eigenvalue weighted by molar-refractivity contribution is 5.73. The van der Waals surface area contributed by atoms with Crippen molar-refractivity contribution in [1.82, 2.24) is 20.2 Å². The number of aromatic nitrogens is 2. The van der Waals surface area contributed by atoms with Crippen LogP contribution in [0.4, 0.5) is 18.0 Å². The van der Waals surface area contributed by atoms with E-state index in [2.05, 4.69) is 9.97 Å². The van der Waals surface area contributed by atoms with Gasteiger partial charge < -0.3 is 15.2 Å². The molecule has 0 spiro atoms. The molecule has 0 aliphatic rings. The number of hydrogen-bond donors (Lipinski definition) is 2. The fourth-order valence-electron chi connectivity index (χ4n) is 0.992. The molecule has 0 aromatic carbocycles. The van der Waals surface area contributed by atoms with E-state index in [0.29, 0.717) is 5.82 Å². The predicted molar refractivity (Wildman–Crippen MR) is 49.5 cm³/mol. The average Bonchev–Trinajstić information content (AvgIpc) is 2.65. The second kappa shape index (κ2) is 4.86. The normalized spacial score (nSPS) is 11.2. The van der Waals surface area contributed by atoms with E-state index >= 15 is 0 Å². The number of amides is 2.